The van der Waals surface area contributed by atoms with E-state index < -0.39 is 48.5 Å². The normalized spacial score (nSPS) is 13.4. The lowest BCUT2D eigenvalue weighted by Gasteiger charge is -2.24. The molecule has 0 aliphatic heterocycles. The van der Waals surface area contributed by atoms with E-state index in [-0.39, 0.29) is 13.0 Å². The standard InChI is InChI=1S/C19H26N2O8/c1-12(9-15(23)27-2)16(18(25)28-3)21-17(24)14(10-22)20-19(26)29-11-13-7-5-4-6-8-13/h4-8,12,14,16,22H,9-11H2,1-3H3,(H,20,26)(H,21,24)/t12-,14+,16-/m1/s1. The topological polar surface area (TPSA) is 140 Å². The molecule has 0 aliphatic carbocycles. The molecule has 0 radical (unpaired) electrons. The van der Waals surface area contributed by atoms with Gasteiger partial charge in [0.25, 0.3) is 0 Å². The third-order valence-electron chi connectivity index (χ3n) is 4.04. The molecule has 10 nitrogen and oxygen atoms in total. The summed E-state index contributed by atoms with van der Waals surface area (Å²) in [6.07, 6.45) is -1.06. The van der Waals surface area contributed by atoms with Gasteiger partial charge in [-0.2, -0.15) is 0 Å². The molecule has 2 amide bonds. The van der Waals surface area contributed by atoms with Crippen LogP contribution in [0.4, 0.5) is 4.79 Å². The summed E-state index contributed by atoms with van der Waals surface area (Å²) in [6.45, 7) is 0.799. The highest BCUT2D eigenvalue weighted by Crippen LogP contribution is 2.11. The van der Waals surface area contributed by atoms with E-state index >= 15 is 0 Å². The van der Waals surface area contributed by atoms with Crippen LogP contribution in [0, 0.1) is 5.92 Å². The average Bonchev–Trinajstić information content (AvgIpc) is 2.73. The molecule has 1 aromatic carbocycles. The summed E-state index contributed by atoms with van der Waals surface area (Å²) in [5.41, 5.74) is 0.745. The second-order valence-electron chi connectivity index (χ2n) is 6.21. The number of carbonyl (C=O) groups is 4. The van der Waals surface area contributed by atoms with Crippen LogP contribution < -0.4 is 10.6 Å². The van der Waals surface area contributed by atoms with Crippen molar-refractivity contribution in [3.8, 4) is 0 Å². The van der Waals surface area contributed by atoms with E-state index in [1.165, 1.54) is 7.11 Å². The van der Waals surface area contributed by atoms with Gasteiger partial charge in [0, 0.05) is 0 Å². The molecular weight excluding hydrogens is 384 g/mol. The van der Waals surface area contributed by atoms with E-state index in [1.54, 1.807) is 31.2 Å². The summed E-state index contributed by atoms with van der Waals surface area (Å²) in [5, 5.41) is 14.0. The number of methoxy groups -OCH3 is 2. The first-order valence-corrected chi connectivity index (χ1v) is 8.85. The predicted molar refractivity (Wildman–Crippen MR) is 100 cm³/mol. The van der Waals surface area contributed by atoms with Crippen LogP contribution in [0.25, 0.3) is 0 Å². The molecule has 0 heterocycles. The maximum absolute atomic E-state index is 12.4. The number of aliphatic hydroxyl groups is 1. The van der Waals surface area contributed by atoms with Crippen LogP contribution in [-0.4, -0.2) is 62.0 Å². The van der Waals surface area contributed by atoms with Crippen LogP contribution in [0.2, 0.25) is 0 Å². The average molecular weight is 410 g/mol. The van der Waals surface area contributed by atoms with Crippen molar-refractivity contribution in [2.24, 2.45) is 5.92 Å². The van der Waals surface area contributed by atoms with Crippen molar-refractivity contribution in [2.75, 3.05) is 20.8 Å². The van der Waals surface area contributed by atoms with Crippen LogP contribution in [0.15, 0.2) is 30.3 Å². The third-order valence-corrected chi connectivity index (χ3v) is 4.04. The summed E-state index contributed by atoms with van der Waals surface area (Å²) < 4.78 is 14.2. The lowest BCUT2D eigenvalue weighted by molar-refractivity contribution is -0.148. The summed E-state index contributed by atoms with van der Waals surface area (Å²) in [6, 6.07) is 6.35. The molecule has 1 aromatic rings. The minimum Gasteiger partial charge on any atom is -0.469 e. The third kappa shape index (κ3) is 8.18. The van der Waals surface area contributed by atoms with Gasteiger partial charge in [0.2, 0.25) is 5.91 Å². The maximum Gasteiger partial charge on any atom is 0.408 e. The lowest BCUT2D eigenvalue weighted by Crippen LogP contribution is -2.55. The van der Waals surface area contributed by atoms with Crippen molar-refractivity contribution < 1.29 is 38.5 Å². The van der Waals surface area contributed by atoms with Crippen molar-refractivity contribution in [1.29, 1.82) is 0 Å². The molecule has 0 unspecified atom stereocenters. The quantitative estimate of drug-likeness (QED) is 0.365. The minimum atomic E-state index is -1.37. The Hall–Kier alpha value is -3.14. The number of rotatable bonds is 10. The number of nitrogens with one attached hydrogen (secondary N) is 2. The number of hydrogen-bond donors (Lipinski definition) is 3. The van der Waals surface area contributed by atoms with Gasteiger partial charge in [-0.25, -0.2) is 9.59 Å². The number of benzene rings is 1. The zero-order chi connectivity index (χ0) is 21.8. The van der Waals surface area contributed by atoms with Gasteiger partial charge in [-0.1, -0.05) is 37.3 Å². The number of alkyl carbamates (subject to hydrolysis) is 1. The molecule has 3 atom stereocenters. The summed E-state index contributed by atoms with van der Waals surface area (Å²) in [4.78, 5) is 47.8. The molecule has 10 heteroatoms. The van der Waals surface area contributed by atoms with Gasteiger partial charge in [-0.05, 0) is 11.5 Å². The summed E-state index contributed by atoms with van der Waals surface area (Å²) in [7, 11) is 2.34. The number of amides is 2. The number of carbonyl (C=O) groups excluding carboxylic acids is 4. The molecule has 0 spiro atoms. The monoisotopic (exact) mass is 410 g/mol. The fourth-order valence-corrected chi connectivity index (χ4v) is 2.38. The fraction of sp³-hybridized carbons (Fsp3) is 0.474. The second kappa shape index (κ2) is 12.3. The van der Waals surface area contributed by atoms with Crippen LogP contribution in [-0.2, 0) is 35.2 Å². The molecule has 0 aliphatic rings. The smallest absolute Gasteiger partial charge is 0.408 e. The molecule has 0 saturated heterocycles. The molecule has 0 aromatic heterocycles. The molecule has 29 heavy (non-hydrogen) atoms. The highest BCUT2D eigenvalue weighted by molar-refractivity contribution is 5.90. The zero-order valence-corrected chi connectivity index (χ0v) is 16.5. The van der Waals surface area contributed by atoms with Gasteiger partial charge in [0.05, 0.1) is 27.2 Å². The molecule has 160 valence electrons. The maximum atomic E-state index is 12.4. The Bertz CT molecular complexity index is 695. The Balaban J connectivity index is 2.68. The SMILES string of the molecule is COC(=O)C[C@@H](C)[C@@H](NC(=O)[C@H](CO)NC(=O)OCc1ccccc1)C(=O)OC. The molecule has 1 rings (SSSR count). The number of esters is 2. The first-order valence-electron chi connectivity index (χ1n) is 8.85. The Morgan fingerprint density at radius 3 is 2.24 bits per heavy atom. The fourth-order valence-electron chi connectivity index (χ4n) is 2.38. The van der Waals surface area contributed by atoms with E-state index in [0.717, 1.165) is 12.7 Å². The van der Waals surface area contributed by atoms with Gasteiger partial charge in [-0.3, -0.25) is 9.59 Å². The van der Waals surface area contributed by atoms with E-state index in [2.05, 4.69) is 20.1 Å². The first-order chi connectivity index (χ1) is 13.8. The number of hydrogen-bond acceptors (Lipinski definition) is 8. The number of ether oxygens (including phenoxy) is 3. The highest BCUT2D eigenvalue weighted by Gasteiger charge is 2.32. The van der Waals surface area contributed by atoms with Gasteiger partial charge in [0.15, 0.2) is 0 Å². The Morgan fingerprint density at radius 1 is 1.03 bits per heavy atom. The molecule has 3 N–H and O–H groups in total. The first kappa shape index (κ1) is 23.9. The summed E-state index contributed by atoms with van der Waals surface area (Å²) >= 11 is 0. The van der Waals surface area contributed by atoms with E-state index in [4.69, 9.17) is 4.74 Å². The second-order valence-corrected chi connectivity index (χ2v) is 6.21. The van der Waals surface area contributed by atoms with Gasteiger partial charge >= 0.3 is 18.0 Å². The van der Waals surface area contributed by atoms with Crippen LogP contribution >= 0.6 is 0 Å². The lowest BCUT2D eigenvalue weighted by atomic mass is 9.98. The predicted octanol–water partition coefficient (Wildman–Crippen LogP) is 0.131. The van der Waals surface area contributed by atoms with E-state index in [1.807, 2.05) is 6.07 Å². The largest absolute Gasteiger partial charge is 0.469 e. The van der Waals surface area contributed by atoms with Crippen LogP contribution in [0.5, 0.6) is 0 Å². The Kier molecular flexibility index (Phi) is 10.2. The van der Waals surface area contributed by atoms with Crippen LogP contribution in [0.1, 0.15) is 18.9 Å². The summed E-state index contributed by atoms with van der Waals surface area (Å²) in [5.74, 6) is -2.83. The zero-order valence-electron chi connectivity index (χ0n) is 16.5. The van der Waals surface area contributed by atoms with Crippen molar-refractivity contribution in [2.45, 2.75) is 32.0 Å². The van der Waals surface area contributed by atoms with Crippen molar-refractivity contribution in [3.63, 3.8) is 0 Å². The Labute approximate surface area is 168 Å². The molecular formula is C19H26N2O8. The van der Waals surface area contributed by atoms with Gasteiger partial charge in [0.1, 0.15) is 18.7 Å². The van der Waals surface area contributed by atoms with Crippen molar-refractivity contribution >= 4 is 23.9 Å². The van der Waals surface area contributed by atoms with E-state index in [0.29, 0.717) is 0 Å². The van der Waals surface area contributed by atoms with Gasteiger partial charge in [-0.15, -0.1) is 0 Å². The van der Waals surface area contributed by atoms with Crippen molar-refractivity contribution in [3.05, 3.63) is 35.9 Å². The molecule has 0 bridgehead atoms. The number of aliphatic hydroxyl groups excluding tert-OH is 1. The molecule has 0 fully saturated rings. The Morgan fingerprint density at radius 2 is 1.69 bits per heavy atom. The highest BCUT2D eigenvalue weighted by atomic mass is 16.5. The van der Waals surface area contributed by atoms with Crippen molar-refractivity contribution in [1.82, 2.24) is 10.6 Å². The minimum absolute atomic E-state index is 0.0204. The van der Waals surface area contributed by atoms with E-state index in [9.17, 15) is 24.3 Å². The van der Waals surface area contributed by atoms with Gasteiger partial charge < -0.3 is 30.0 Å². The molecule has 0 saturated carbocycles. The van der Waals surface area contributed by atoms with Crippen LogP contribution in [0.3, 0.4) is 0 Å².